The maximum atomic E-state index is 11.0. The number of rotatable bonds is 8. The van der Waals surface area contributed by atoms with Gasteiger partial charge in [0.15, 0.2) is 5.84 Å². The molecule has 29 heavy (non-hydrogen) atoms. The number of nitrogens with zero attached hydrogens (tertiary/aromatic N) is 3. The largest absolute Gasteiger partial charge is 0.489 e. The Morgan fingerprint density at radius 3 is 2.76 bits per heavy atom. The summed E-state index contributed by atoms with van der Waals surface area (Å²) in [6.07, 6.45) is 3.44. The molecule has 0 amide bonds. The van der Waals surface area contributed by atoms with E-state index in [1.807, 2.05) is 18.2 Å². The number of benzene rings is 2. The van der Waals surface area contributed by atoms with Gasteiger partial charge in [-0.15, -0.1) is 0 Å². The number of pyridine rings is 1. The Morgan fingerprint density at radius 1 is 1.17 bits per heavy atom. The molecule has 2 aromatic carbocycles. The lowest BCUT2D eigenvalue weighted by molar-refractivity contribution is -0.385. The van der Waals surface area contributed by atoms with Crippen molar-refractivity contribution >= 4 is 11.5 Å². The molecule has 148 valence electrons. The standard InChI is InChI=1S/C21H20N4O4/c1-15-18(7-3-9-20(15)25(26)27)14-29-24-21(22)17-6-2-8-19(11-17)28-13-16-5-4-10-23-12-16/h2-12H,13-14H2,1H3,(H2,22,24). The van der Waals surface area contributed by atoms with Gasteiger partial charge in [-0.3, -0.25) is 15.1 Å². The maximum Gasteiger partial charge on any atom is 0.272 e. The van der Waals surface area contributed by atoms with E-state index in [4.69, 9.17) is 15.3 Å². The van der Waals surface area contributed by atoms with Crippen molar-refractivity contribution in [1.29, 1.82) is 0 Å². The minimum Gasteiger partial charge on any atom is -0.489 e. The maximum absolute atomic E-state index is 11.0. The van der Waals surface area contributed by atoms with Crippen molar-refractivity contribution in [1.82, 2.24) is 4.98 Å². The Bertz CT molecular complexity index is 1020. The normalized spacial score (nSPS) is 11.1. The van der Waals surface area contributed by atoms with E-state index < -0.39 is 4.92 Å². The number of ether oxygens (including phenoxy) is 1. The molecule has 0 aliphatic carbocycles. The van der Waals surface area contributed by atoms with Crippen molar-refractivity contribution in [3.63, 3.8) is 0 Å². The molecule has 0 saturated heterocycles. The molecule has 0 aliphatic rings. The molecular formula is C21H20N4O4. The highest BCUT2D eigenvalue weighted by Crippen LogP contribution is 2.22. The first kappa shape index (κ1) is 19.8. The third-order valence-corrected chi connectivity index (χ3v) is 4.26. The third-order valence-electron chi connectivity index (χ3n) is 4.26. The van der Waals surface area contributed by atoms with Crippen molar-refractivity contribution in [3.8, 4) is 5.75 Å². The lowest BCUT2D eigenvalue weighted by Crippen LogP contribution is -2.14. The quantitative estimate of drug-likeness (QED) is 0.271. The van der Waals surface area contributed by atoms with Gasteiger partial charge in [0.1, 0.15) is 19.0 Å². The monoisotopic (exact) mass is 392 g/mol. The average molecular weight is 392 g/mol. The third kappa shape index (κ3) is 5.29. The number of nitro benzene ring substituents is 1. The van der Waals surface area contributed by atoms with Gasteiger partial charge in [0, 0.05) is 40.7 Å². The van der Waals surface area contributed by atoms with Gasteiger partial charge in [-0.25, -0.2) is 0 Å². The number of hydrogen-bond acceptors (Lipinski definition) is 6. The lowest BCUT2D eigenvalue weighted by Gasteiger charge is -2.08. The van der Waals surface area contributed by atoms with Crippen LogP contribution in [0.3, 0.4) is 0 Å². The van der Waals surface area contributed by atoms with E-state index in [0.29, 0.717) is 29.0 Å². The fourth-order valence-electron chi connectivity index (χ4n) is 2.64. The van der Waals surface area contributed by atoms with Crippen LogP contribution in [0.5, 0.6) is 5.75 Å². The average Bonchev–Trinajstić information content (AvgIpc) is 2.74. The van der Waals surface area contributed by atoms with Crippen molar-refractivity contribution in [2.24, 2.45) is 10.9 Å². The molecule has 0 atom stereocenters. The lowest BCUT2D eigenvalue weighted by atomic mass is 10.1. The molecule has 0 aliphatic heterocycles. The second-order valence-corrected chi connectivity index (χ2v) is 6.25. The number of nitro groups is 1. The molecule has 8 heteroatoms. The van der Waals surface area contributed by atoms with Crippen LogP contribution >= 0.6 is 0 Å². The Labute approximate surface area is 167 Å². The predicted octanol–water partition coefficient (Wildman–Crippen LogP) is 3.71. The SMILES string of the molecule is Cc1c(CON=C(N)c2cccc(OCc3cccnc3)c2)cccc1[N+](=O)[O-]. The molecule has 3 aromatic rings. The Hall–Kier alpha value is -3.94. The smallest absolute Gasteiger partial charge is 0.272 e. The molecule has 0 fully saturated rings. The van der Waals surface area contributed by atoms with E-state index in [0.717, 1.165) is 5.56 Å². The summed E-state index contributed by atoms with van der Waals surface area (Å²) in [5.74, 6) is 0.818. The second kappa shape index (κ2) is 9.32. The fraction of sp³-hybridized carbons (Fsp3) is 0.143. The molecular weight excluding hydrogens is 372 g/mol. The number of aromatic nitrogens is 1. The van der Waals surface area contributed by atoms with E-state index in [2.05, 4.69) is 10.1 Å². The van der Waals surface area contributed by atoms with E-state index in [-0.39, 0.29) is 18.1 Å². The molecule has 3 rings (SSSR count). The van der Waals surface area contributed by atoms with Gasteiger partial charge in [-0.05, 0) is 25.1 Å². The van der Waals surface area contributed by atoms with Crippen LogP contribution in [0.15, 0.2) is 72.1 Å². The van der Waals surface area contributed by atoms with Gasteiger partial charge in [-0.1, -0.05) is 35.5 Å². The van der Waals surface area contributed by atoms with Gasteiger partial charge in [-0.2, -0.15) is 0 Å². The minimum atomic E-state index is -0.423. The Kier molecular flexibility index (Phi) is 6.36. The first-order chi connectivity index (χ1) is 14.0. The summed E-state index contributed by atoms with van der Waals surface area (Å²) < 4.78 is 5.75. The molecule has 8 nitrogen and oxygen atoms in total. The van der Waals surface area contributed by atoms with Crippen LogP contribution in [0.25, 0.3) is 0 Å². The molecule has 0 saturated carbocycles. The number of hydrogen-bond donors (Lipinski definition) is 1. The zero-order valence-electron chi connectivity index (χ0n) is 15.8. The first-order valence-electron chi connectivity index (χ1n) is 8.85. The van der Waals surface area contributed by atoms with Crippen LogP contribution in [0.1, 0.15) is 22.3 Å². The number of amidine groups is 1. The van der Waals surface area contributed by atoms with Gasteiger partial charge < -0.3 is 15.3 Å². The molecule has 0 spiro atoms. The summed E-state index contributed by atoms with van der Waals surface area (Å²) in [4.78, 5) is 20.0. The van der Waals surface area contributed by atoms with Crippen LogP contribution in [0, 0.1) is 17.0 Å². The van der Waals surface area contributed by atoms with E-state index >= 15 is 0 Å². The van der Waals surface area contributed by atoms with E-state index in [1.54, 1.807) is 49.6 Å². The molecule has 2 N–H and O–H groups in total. The van der Waals surface area contributed by atoms with Gasteiger partial charge in [0.2, 0.25) is 0 Å². The van der Waals surface area contributed by atoms with Crippen molar-refractivity contribution in [2.75, 3.05) is 0 Å². The Balaban J connectivity index is 1.63. The van der Waals surface area contributed by atoms with Crippen LogP contribution in [0.2, 0.25) is 0 Å². The summed E-state index contributed by atoms with van der Waals surface area (Å²) in [6, 6.07) is 15.8. The molecule has 0 radical (unpaired) electrons. The van der Waals surface area contributed by atoms with Crippen LogP contribution in [-0.2, 0) is 18.1 Å². The zero-order chi connectivity index (χ0) is 20.6. The highest BCUT2D eigenvalue weighted by atomic mass is 16.6. The van der Waals surface area contributed by atoms with E-state index in [9.17, 15) is 10.1 Å². The summed E-state index contributed by atoms with van der Waals surface area (Å²) in [5.41, 5.74) is 8.85. The van der Waals surface area contributed by atoms with Crippen LogP contribution < -0.4 is 10.5 Å². The molecule has 1 heterocycles. The zero-order valence-corrected chi connectivity index (χ0v) is 15.8. The van der Waals surface area contributed by atoms with Crippen LogP contribution in [0.4, 0.5) is 5.69 Å². The summed E-state index contributed by atoms with van der Waals surface area (Å²) in [7, 11) is 0. The van der Waals surface area contributed by atoms with Crippen molar-refractivity contribution in [2.45, 2.75) is 20.1 Å². The van der Waals surface area contributed by atoms with Gasteiger partial charge in [0.05, 0.1) is 4.92 Å². The van der Waals surface area contributed by atoms with Crippen molar-refractivity contribution in [3.05, 3.63) is 99.4 Å². The summed E-state index contributed by atoms with van der Waals surface area (Å²) in [5, 5.41) is 14.9. The highest BCUT2D eigenvalue weighted by molar-refractivity contribution is 5.97. The molecule has 1 aromatic heterocycles. The second-order valence-electron chi connectivity index (χ2n) is 6.25. The van der Waals surface area contributed by atoms with Crippen LogP contribution in [-0.4, -0.2) is 15.7 Å². The molecule has 0 bridgehead atoms. The summed E-state index contributed by atoms with van der Waals surface area (Å²) in [6.45, 7) is 2.13. The molecule has 0 unspecified atom stereocenters. The minimum absolute atomic E-state index is 0.0431. The topological polar surface area (TPSA) is 113 Å². The van der Waals surface area contributed by atoms with E-state index in [1.165, 1.54) is 6.07 Å². The highest BCUT2D eigenvalue weighted by Gasteiger charge is 2.13. The predicted molar refractivity (Wildman–Crippen MR) is 108 cm³/mol. The number of nitrogens with two attached hydrogens (primary N) is 1. The Morgan fingerprint density at radius 2 is 2.00 bits per heavy atom. The first-order valence-corrected chi connectivity index (χ1v) is 8.85. The van der Waals surface area contributed by atoms with Gasteiger partial charge >= 0.3 is 0 Å². The van der Waals surface area contributed by atoms with Crippen molar-refractivity contribution < 1.29 is 14.5 Å². The number of oxime groups is 1. The fourth-order valence-corrected chi connectivity index (χ4v) is 2.64. The summed E-state index contributed by atoms with van der Waals surface area (Å²) >= 11 is 0. The van der Waals surface area contributed by atoms with Gasteiger partial charge in [0.25, 0.3) is 5.69 Å².